The van der Waals surface area contributed by atoms with Crippen molar-refractivity contribution in [3.63, 3.8) is 0 Å². The summed E-state index contributed by atoms with van der Waals surface area (Å²) in [6, 6.07) is -0.753. The van der Waals surface area contributed by atoms with Crippen LogP contribution in [0, 0.1) is 0 Å². The lowest BCUT2D eigenvalue weighted by Gasteiger charge is -2.23. The number of nitrogens with one attached hydrogen (secondary N) is 2. The molecule has 2 atom stereocenters. The Labute approximate surface area is 83.4 Å². The van der Waals surface area contributed by atoms with E-state index in [-0.39, 0.29) is 11.9 Å². The third-order valence-corrected chi connectivity index (χ3v) is 2.41. The van der Waals surface area contributed by atoms with Crippen LogP contribution in [-0.2, 0) is 9.59 Å². The fourth-order valence-corrected chi connectivity index (χ4v) is 1.46. The number of rotatable bonds is 3. The van der Waals surface area contributed by atoms with Gasteiger partial charge in [-0.05, 0) is 26.3 Å². The summed E-state index contributed by atoms with van der Waals surface area (Å²) in [6.45, 7) is 2.45. The molecule has 1 heterocycles. The maximum atomic E-state index is 11.5. The lowest BCUT2D eigenvalue weighted by molar-refractivity contribution is -0.128. The zero-order valence-corrected chi connectivity index (χ0v) is 8.38. The van der Waals surface area contributed by atoms with E-state index in [0.717, 1.165) is 25.8 Å². The first-order valence-corrected chi connectivity index (χ1v) is 4.94. The largest absolute Gasteiger partial charge is 0.368 e. The maximum absolute atomic E-state index is 11.5. The molecule has 5 nitrogen and oxygen atoms in total. The number of hydrogen-bond acceptors (Lipinski definition) is 3. The van der Waals surface area contributed by atoms with Gasteiger partial charge >= 0.3 is 0 Å². The predicted octanol–water partition coefficient (Wildman–Crippen LogP) is -0.881. The zero-order chi connectivity index (χ0) is 10.6. The minimum absolute atomic E-state index is 0.129. The van der Waals surface area contributed by atoms with Crippen molar-refractivity contribution in [2.75, 3.05) is 6.54 Å². The molecular formula is C9H17N3O2. The molecule has 0 aromatic carbocycles. The molecule has 1 fully saturated rings. The molecule has 0 bridgehead atoms. The fourth-order valence-electron chi connectivity index (χ4n) is 1.46. The van der Waals surface area contributed by atoms with Gasteiger partial charge in [-0.15, -0.1) is 0 Å². The predicted molar refractivity (Wildman–Crippen MR) is 52.4 cm³/mol. The molecular weight excluding hydrogens is 182 g/mol. The standard InChI is InChI=1S/C9H17N3O2/c1-6(8(10)13)12-9(14)7-4-2-3-5-11-7/h6-7,11H,2-5H2,1H3,(H2,10,13)(H,12,14)/t6-,7+/m1/s1. The van der Waals surface area contributed by atoms with Gasteiger partial charge in [0.15, 0.2) is 0 Å². The molecule has 0 radical (unpaired) electrons. The highest BCUT2D eigenvalue weighted by Gasteiger charge is 2.22. The van der Waals surface area contributed by atoms with Crippen molar-refractivity contribution in [2.45, 2.75) is 38.3 Å². The summed E-state index contributed by atoms with van der Waals surface area (Å²) in [5, 5.41) is 5.67. The van der Waals surface area contributed by atoms with Gasteiger partial charge in [0.25, 0.3) is 0 Å². The Morgan fingerprint density at radius 2 is 2.21 bits per heavy atom. The van der Waals surface area contributed by atoms with E-state index >= 15 is 0 Å². The van der Waals surface area contributed by atoms with Crippen LogP contribution in [0.4, 0.5) is 0 Å². The van der Waals surface area contributed by atoms with Gasteiger partial charge in [0.2, 0.25) is 11.8 Å². The molecule has 0 aromatic heterocycles. The van der Waals surface area contributed by atoms with Crippen LogP contribution < -0.4 is 16.4 Å². The van der Waals surface area contributed by atoms with Crippen molar-refractivity contribution in [2.24, 2.45) is 5.73 Å². The summed E-state index contributed by atoms with van der Waals surface area (Å²) in [4.78, 5) is 22.2. The second kappa shape index (κ2) is 4.95. The number of primary amides is 1. The summed E-state index contributed by atoms with van der Waals surface area (Å²) in [7, 11) is 0. The van der Waals surface area contributed by atoms with Crippen LogP contribution >= 0.6 is 0 Å². The molecule has 0 aromatic rings. The van der Waals surface area contributed by atoms with Crippen LogP contribution in [0.15, 0.2) is 0 Å². The molecule has 0 aliphatic carbocycles. The van der Waals surface area contributed by atoms with E-state index in [1.165, 1.54) is 0 Å². The summed E-state index contributed by atoms with van der Waals surface area (Å²) < 4.78 is 0. The molecule has 4 N–H and O–H groups in total. The minimum Gasteiger partial charge on any atom is -0.368 e. The van der Waals surface area contributed by atoms with Gasteiger partial charge in [0.05, 0.1) is 6.04 Å². The molecule has 1 rings (SSSR count). The molecule has 80 valence electrons. The molecule has 14 heavy (non-hydrogen) atoms. The van der Waals surface area contributed by atoms with Crippen LogP contribution in [-0.4, -0.2) is 30.4 Å². The van der Waals surface area contributed by atoms with Crippen molar-refractivity contribution in [3.8, 4) is 0 Å². The van der Waals surface area contributed by atoms with Crippen molar-refractivity contribution in [3.05, 3.63) is 0 Å². The van der Waals surface area contributed by atoms with E-state index in [4.69, 9.17) is 5.73 Å². The molecule has 2 amide bonds. The molecule has 5 heteroatoms. The Kier molecular flexibility index (Phi) is 3.88. The molecule has 1 aliphatic rings. The molecule has 0 saturated carbocycles. The summed E-state index contributed by atoms with van der Waals surface area (Å²) in [6.07, 6.45) is 2.99. The van der Waals surface area contributed by atoms with E-state index in [0.29, 0.717) is 0 Å². The lowest BCUT2D eigenvalue weighted by atomic mass is 10.0. The van der Waals surface area contributed by atoms with Gasteiger partial charge in [-0.1, -0.05) is 6.42 Å². The number of amides is 2. The first-order chi connectivity index (χ1) is 6.61. The number of carbonyl (C=O) groups excluding carboxylic acids is 2. The lowest BCUT2D eigenvalue weighted by Crippen LogP contribution is -2.51. The number of piperidine rings is 1. The second-order valence-corrected chi connectivity index (χ2v) is 3.64. The molecule has 0 spiro atoms. The molecule has 1 aliphatic heterocycles. The third kappa shape index (κ3) is 2.99. The topological polar surface area (TPSA) is 84.2 Å². The van der Waals surface area contributed by atoms with Gasteiger partial charge in [-0.25, -0.2) is 0 Å². The van der Waals surface area contributed by atoms with E-state index in [1.807, 2.05) is 0 Å². The Morgan fingerprint density at radius 3 is 2.71 bits per heavy atom. The highest BCUT2D eigenvalue weighted by Crippen LogP contribution is 2.06. The van der Waals surface area contributed by atoms with Gasteiger partial charge < -0.3 is 16.4 Å². The quantitative estimate of drug-likeness (QED) is 0.552. The first kappa shape index (κ1) is 11.0. The smallest absolute Gasteiger partial charge is 0.239 e. The van der Waals surface area contributed by atoms with E-state index in [9.17, 15) is 9.59 Å². The summed E-state index contributed by atoms with van der Waals surface area (Å²) >= 11 is 0. The van der Waals surface area contributed by atoms with Crippen molar-refractivity contribution < 1.29 is 9.59 Å². The Hall–Kier alpha value is -1.10. The number of hydrogen-bond donors (Lipinski definition) is 3. The van der Waals surface area contributed by atoms with Gasteiger partial charge in [0, 0.05) is 0 Å². The Morgan fingerprint density at radius 1 is 1.50 bits per heavy atom. The average molecular weight is 199 g/mol. The van der Waals surface area contributed by atoms with Crippen LogP contribution in [0.1, 0.15) is 26.2 Å². The van der Waals surface area contributed by atoms with Crippen LogP contribution in [0.2, 0.25) is 0 Å². The van der Waals surface area contributed by atoms with E-state index in [2.05, 4.69) is 10.6 Å². The van der Waals surface area contributed by atoms with Gasteiger partial charge in [-0.2, -0.15) is 0 Å². The third-order valence-electron chi connectivity index (χ3n) is 2.41. The highest BCUT2D eigenvalue weighted by molar-refractivity contribution is 5.88. The van der Waals surface area contributed by atoms with Crippen LogP contribution in [0.25, 0.3) is 0 Å². The van der Waals surface area contributed by atoms with Crippen molar-refractivity contribution >= 4 is 11.8 Å². The molecule has 0 unspecified atom stereocenters. The number of carbonyl (C=O) groups is 2. The van der Waals surface area contributed by atoms with Crippen molar-refractivity contribution in [1.29, 1.82) is 0 Å². The minimum atomic E-state index is -0.591. The van der Waals surface area contributed by atoms with E-state index < -0.39 is 11.9 Å². The second-order valence-electron chi connectivity index (χ2n) is 3.64. The summed E-state index contributed by atoms with van der Waals surface area (Å²) in [5.74, 6) is -0.634. The fraction of sp³-hybridized carbons (Fsp3) is 0.778. The first-order valence-electron chi connectivity index (χ1n) is 4.94. The Balaban J connectivity index is 2.36. The van der Waals surface area contributed by atoms with Gasteiger partial charge in [-0.3, -0.25) is 9.59 Å². The SMILES string of the molecule is C[C@@H](NC(=O)[C@@H]1CCCCN1)C(N)=O. The average Bonchev–Trinajstić information content (AvgIpc) is 2.19. The monoisotopic (exact) mass is 199 g/mol. The zero-order valence-electron chi connectivity index (χ0n) is 8.38. The van der Waals surface area contributed by atoms with Gasteiger partial charge in [0.1, 0.15) is 6.04 Å². The van der Waals surface area contributed by atoms with Crippen LogP contribution in [0.3, 0.4) is 0 Å². The van der Waals surface area contributed by atoms with Crippen LogP contribution in [0.5, 0.6) is 0 Å². The Bertz CT molecular complexity index is 224. The summed E-state index contributed by atoms with van der Waals surface area (Å²) in [5.41, 5.74) is 5.04. The highest BCUT2D eigenvalue weighted by atomic mass is 16.2. The number of nitrogens with two attached hydrogens (primary N) is 1. The van der Waals surface area contributed by atoms with E-state index in [1.54, 1.807) is 6.92 Å². The maximum Gasteiger partial charge on any atom is 0.239 e. The normalized spacial score (nSPS) is 23.9. The van der Waals surface area contributed by atoms with Crippen molar-refractivity contribution in [1.82, 2.24) is 10.6 Å². The molecule has 1 saturated heterocycles.